The van der Waals surface area contributed by atoms with Crippen LogP contribution in [0, 0.1) is 11.8 Å². The SMILES string of the molecule is O=C(COC(=O)c1ccc(N2C(=O)[C@H]3CC[C@@H](c4ccccc4)C[C@H]3C2=O)cc1)c1ccc(Cl)cc1. The fourth-order valence-corrected chi connectivity index (χ4v) is 5.27. The van der Waals surface area contributed by atoms with Crippen LogP contribution in [0.25, 0.3) is 0 Å². The van der Waals surface area contributed by atoms with Crippen LogP contribution in [0.4, 0.5) is 5.69 Å². The van der Waals surface area contributed by atoms with E-state index in [0.29, 0.717) is 29.1 Å². The molecule has 5 rings (SSSR count). The molecule has 1 aliphatic heterocycles. The molecule has 6 nitrogen and oxygen atoms in total. The fraction of sp³-hybridized carbons (Fsp3) is 0.241. The van der Waals surface area contributed by atoms with Crippen LogP contribution in [0.1, 0.15) is 51.5 Å². The normalized spacial score (nSPS) is 21.2. The molecule has 2 amide bonds. The minimum absolute atomic E-state index is 0.180. The molecule has 1 saturated heterocycles. The van der Waals surface area contributed by atoms with E-state index in [0.717, 1.165) is 6.42 Å². The molecule has 3 aromatic carbocycles. The summed E-state index contributed by atoms with van der Waals surface area (Å²) in [5, 5.41) is 0.508. The number of hydrogen-bond acceptors (Lipinski definition) is 5. The van der Waals surface area contributed by atoms with Crippen molar-refractivity contribution < 1.29 is 23.9 Å². The van der Waals surface area contributed by atoms with Gasteiger partial charge in [-0.1, -0.05) is 41.9 Å². The molecule has 3 atom stereocenters. The maximum Gasteiger partial charge on any atom is 0.338 e. The third kappa shape index (κ3) is 4.69. The molecular formula is C29H24ClNO5. The van der Waals surface area contributed by atoms with E-state index in [1.165, 1.54) is 22.6 Å². The highest BCUT2D eigenvalue weighted by molar-refractivity contribution is 6.30. The molecule has 0 spiro atoms. The first-order chi connectivity index (χ1) is 17.4. The van der Waals surface area contributed by atoms with Crippen molar-refractivity contribution in [2.24, 2.45) is 11.8 Å². The monoisotopic (exact) mass is 501 g/mol. The van der Waals surface area contributed by atoms with Crippen molar-refractivity contribution in [1.29, 1.82) is 0 Å². The molecule has 2 aliphatic rings. The van der Waals surface area contributed by atoms with Gasteiger partial charge in [-0.15, -0.1) is 0 Å². The number of amides is 2. The number of hydrogen-bond donors (Lipinski definition) is 0. The summed E-state index contributed by atoms with van der Waals surface area (Å²) in [6.07, 6.45) is 2.21. The highest BCUT2D eigenvalue weighted by Gasteiger charge is 2.50. The molecule has 0 bridgehead atoms. The zero-order chi connectivity index (χ0) is 25.2. The van der Waals surface area contributed by atoms with Crippen LogP contribution in [0.5, 0.6) is 0 Å². The van der Waals surface area contributed by atoms with E-state index in [9.17, 15) is 19.2 Å². The van der Waals surface area contributed by atoms with E-state index in [1.54, 1.807) is 36.4 Å². The highest BCUT2D eigenvalue weighted by atomic mass is 35.5. The molecule has 0 N–H and O–H groups in total. The number of ketones is 1. The van der Waals surface area contributed by atoms with Crippen molar-refractivity contribution in [2.45, 2.75) is 25.2 Å². The second-order valence-corrected chi connectivity index (χ2v) is 9.64. The number of fused-ring (bicyclic) bond motifs is 1. The van der Waals surface area contributed by atoms with Crippen LogP contribution in [0.3, 0.4) is 0 Å². The minimum atomic E-state index is -0.665. The van der Waals surface area contributed by atoms with Crippen LogP contribution >= 0.6 is 11.6 Å². The average Bonchev–Trinajstić information content (AvgIpc) is 3.17. The number of benzene rings is 3. The summed E-state index contributed by atoms with van der Waals surface area (Å²) in [5.74, 6) is -1.75. The number of Topliss-reactive ketones (excluding diaryl/α,β-unsaturated/α-hetero) is 1. The number of nitrogens with zero attached hydrogens (tertiary/aromatic N) is 1. The first-order valence-electron chi connectivity index (χ1n) is 11.9. The third-order valence-corrected chi connectivity index (χ3v) is 7.31. The number of carbonyl (C=O) groups is 4. The number of imide groups is 1. The van der Waals surface area contributed by atoms with Gasteiger partial charge in [0.15, 0.2) is 12.4 Å². The van der Waals surface area contributed by atoms with Gasteiger partial charge in [0.1, 0.15) is 0 Å². The van der Waals surface area contributed by atoms with E-state index in [-0.39, 0.29) is 40.9 Å². The van der Waals surface area contributed by atoms with Crippen LogP contribution < -0.4 is 4.90 Å². The third-order valence-electron chi connectivity index (χ3n) is 7.06. The molecule has 182 valence electrons. The molecule has 7 heteroatoms. The van der Waals surface area contributed by atoms with Gasteiger partial charge in [0.25, 0.3) is 0 Å². The summed E-state index contributed by atoms with van der Waals surface area (Å²) in [5.41, 5.74) is 2.25. The first-order valence-corrected chi connectivity index (χ1v) is 12.3. The Labute approximate surface area is 213 Å². The summed E-state index contributed by atoms with van der Waals surface area (Å²) < 4.78 is 5.14. The predicted octanol–water partition coefficient (Wildman–Crippen LogP) is 5.45. The maximum absolute atomic E-state index is 13.2. The summed E-state index contributed by atoms with van der Waals surface area (Å²) in [6, 6.07) is 22.6. The van der Waals surface area contributed by atoms with Gasteiger partial charge in [-0.3, -0.25) is 19.3 Å². The van der Waals surface area contributed by atoms with Crippen molar-refractivity contribution in [3.63, 3.8) is 0 Å². The summed E-state index contributed by atoms with van der Waals surface area (Å²) in [4.78, 5) is 52.3. The van der Waals surface area contributed by atoms with Crippen molar-refractivity contribution >= 4 is 40.9 Å². The van der Waals surface area contributed by atoms with Crippen LogP contribution in [-0.4, -0.2) is 30.2 Å². The Morgan fingerprint density at radius 3 is 2.14 bits per heavy atom. The first kappa shape index (κ1) is 23.9. The lowest BCUT2D eigenvalue weighted by Crippen LogP contribution is -2.30. The van der Waals surface area contributed by atoms with Gasteiger partial charge in [0.05, 0.1) is 23.1 Å². The minimum Gasteiger partial charge on any atom is -0.454 e. The zero-order valence-corrected chi connectivity index (χ0v) is 20.2. The van der Waals surface area contributed by atoms with Crippen molar-refractivity contribution in [2.75, 3.05) is 11.5 Å². The van der Waals surface area contributed by atoms with Gasteiger partial charge in [-0.25, -0.2) is 4.79 Å². The molecule has 36 heavy (non-hydrogen) atoms. The summed E-state index contributed by atoms with van der Waals surface area (Å²) in [7, 11) is 0. The molecule has 2 fully saturated rings. The van der Waals surface area contributed by atoms with Crippen molar-refractivity contribution in [3.05, 3.63) is 101 Å². The van der Waals surface area contributed by atoms with E-state index in [1.807, 2.05) is 18.2 Å². The molecule has 1 aliphatic carbocycles. The second kappa shape index (κ2) is 10.1. The molecule has 0 aromatic heterocycles. The molecule has 0 radical (unpaired) electrons. The lowest BCUT2D eigenvalue weighted by atomic mass is 9.73. The van der Waals surface area contributed by atoms with E-state index < -0.39 is 12.6 Å². The summed E-state index contributed by atoms with van der Waals surface area (Å²) in [6.45, 7) is -0.406. The smallest absolute Gasteiger partial charge is 0.338 e. The molecule has 1 saturated carbocycles. The molecule has 1 heterocycles. The fourth-order valence-electron chi connectivity index (χ4n) is 5.14. The van der Waals surface area contributed by atoms with E-state index in [2.05, 4.69) is 12.1 Å². The van der Waals surface area contributed by atoms with Crippen LogP contribution in [-0.2, 0) is 14.3 Å². The highest BCUT2D eigenvalue weighted by Crippen LogP contribution is 2.45. The Bertz CT molecular complexity index is 1300. The topological polar surface area (TPSA) is 80.8 Å². The Morgan fingerprint density at radius 2 is 1.44 bits per heavy atom. The number of halogens is 1. The average molecular weight is 502 g/mol. The standard InChI is InChI=1S/C29H24ClNO5/c30-22-11-6-19(7-12-22)26(32)17-36-29(35)20-8-13-23(14-9-20)31-27(33)24-15-10-21(16-25(24)28(31)34)18-4-2-1-3-5-18/h1-9,11-14,21,24-25H,10,15-17H2/t21-,24+,25-/m1/s1. The molecule has 3 aromatic rings. The lowest BCUT2D eigenvalue weighted by molar-refractivity contribution is -0.122. The van der Waals surface area contributed by atoms with Crippen molar-refractivity contribution in [1.82, 2.24) is 0 Å². The number of rotatable bonds is 6. The zero-order valence-electron chi connectivity index (χ0n) is 19.4. The second-order valence-electron chi connectivity index (χ2n) is 9.20. The largest absolute Gasteiger partial charge is 0.454 e. The van der Waals surface area contributed by atoms with Crippen LogP contribution in [0.15, 0.2) is 78.9 Å². The Morgan fingerprint density at radius 1 is 0.806 bits per heavy atom. The Hall–Kier alpha value is -3.77. The molecule has 0 unspecified atom stereocenters. The van der Waals surface area contributed by atoms with Gasteiger partial charge < -0.3 is 4.74 Å². The Balaban J connectivity index is 1.23. The van der Waals surface area contributed by atoms with Gasteiger partial charge in [0.2, 0.25) is 11.8 Å². The number of esters is 1. The van der Waals surface area contributed by atoms with Gasteiger partial charge in [-0.2, -0.15) is 0 Å². The molecular weight excluding hydrogens is 478 g/mol. The predicted molar refractivity (Wildman–Crippen MR) is 135 cm³/mol. The van der Waals surface area contributed by atoms with E-state index in [4.69, 9.17) is 16.3 Å². The van der Waals surface area contributed by atoms with Gasteiger partial charge in [-0.05, 0) is 79.3 Å². The number of ether oxygens (including phenoxy) is 1. The van der Waals surface area contributed by atoms with Crippen molar-refractivity contribution in [3.8, 4) is 0 Å². The quantitative estimate of drug-likeness (QED) is 0.255. The van der Waals surface area contributed by atoms with E-state index >= 15 is 0 Å². The van der Waals surface area contributed by atoms with Gasteiger partial charge in [0, 0.05) is 10.6 Å². The van der Waals surface area contributed by atoms with Crippen LogP contribution in [0.2, 0.25) is 5.02 Å². The lowest BCUT2D eigenvalue weighted by Gasteiger charge is -2.28. The van der Waals surface area contributed by atoms with Gasteiger partial charge >= 0.3 is 5.97 Å². The number of carbonyl (C=O) groups excluding carboxylic acids is 4. The summed E-state index contributed by atoms with van der Waals surface area (Å²) >= 11 is 5.83. The maximum atomic E-state index is 13.2. The number of anilines is 1. The Kier molecular flexibility index (Phi) is 6.70.